The first kappa shape index (κ1) is 10.7. The van der Waals surface area contributed by atoms with Gasteiger partial charge in [-0.1, -0.05) is 0 Å². The van der Waals surface area contributed by atoms with Gasteiger partial charge in [0, 0.05) is 25.7 Å². The molecule has 0 rings (SSSR count). The first-order valence-electron chi connectivity index (χ1n) is 3.47. The standard InChI is InChI=1S/C8H13NO3/c1-6(8(11)12-4)5-7(10)9(2)3/h5H,1-4H3/b6-5+. The molecule has 4 nitrogen and oxygen atoms in total. The molecule has 0 N–H and O–H groups in total. The van der Waals surface area contributed by atoms with Crippen LogP contribution in [-0.2, 0) is 14.3 Å². The lowest BCUT2D eigenvalue weighted by atomic mass is 10.3. The molecule has 0 aromatic carbocycles. The third-order valence-corrected chi connectivity index (χ3v) is 1.29. The second-order valence-corrected chi connectivity index (χ2v) is 2.55. The molecule has 0 fully saturated rings. The van der Waals surface area contributed by atoms with Crippen LogP contribution in [0, 0.1) is 0 Å². The van der Waals surface area contributed by atoms with Gasteiger partial charge in [0.05, 0.1) is 7.11 Å². The number of rotatable bonds is 2. The highest BCUT2D eigenvalue weighted by atomic mass is 16.5. The number of nitrogens with zero attached hydrogens (tertiary/aromatic N) is 1. The Morgan fingerprint density at radius 3 is 2.17 bits per heavy atom. The molecule has 0 aliphatic carbocycles. The molecule has 1 amide bonds. The average Bonchev–Trinajstić information content (AvgIpc) is 2.02. The predicted molar refractivity (Wildman–Crippen MR) is 44.5 cm³/mol. The van der Waals surface area contributed by atoms with Crippen LogP contribution < -0.4 is 0 Å². The third-order valence-electron chi connectivity index (χ3n) is 1.29. The van der Waals surface area contributed by atoms with Crippen LogP contribution in [0.3, 0.4) is 0 Å². The van der Waals surface area contributed by atoms with Crippen LogP contribution in [0.2, 0.25) is 0 Å². The first-order chi connectivity index (χ1) is 5.49. The zero-order valence-electron chi connectivity index (χ0n) is 7.75. The van der Waals surface area contributed by atoms with Crippen LogP contribution >= 0.6 is 0 Å². The second kappa shape index (κ2) is 4.54. The molecule has 68 valence electrons. The molecule has 0 atom stereocenters. The average molecular weight is 171 g/mol. The number of likely N-dealkylation sites (N-methyl/N-ethyl adjacent to an activating group) is 1. The number of ether oxygens (including phenoxy) is 1. The van der Waals surface area contributed by atoms with E-state index in [0.29, 0.717) is 5.57 Å². The summed E-state index contributed by atoms with van der Waals surface area (Å²) in [5.41, 5.74) is 0.302. The highest BCUT2D eigenvalue weighted by Crippen LogP contribution is 1.96. The van der Waals surface area contributed by atoms with Crippen molar-refractivity contribution in [2.24, 2.45) is 0 Å². The highest BCUT2D eigenvalue weighted by molar-refractivity contribution is 5.97. The van der Waals surface area contributed by atoms with Crippen LogP contribution in [0.1, 0.15) is 6.92 Å². The van der Waals surface area contributed by atoms with Crippen molar-refractivity contribution in [3.63, 3.8) is 0 Å². The van der Waals surface area contributed by atoms with Gasteiger partial charge in [-0.2, -0.15) is 0 Å². The molecule has 12 heavy (non-hydrogen) atoms. The zero-order valence-corrected chi connectivity index (χ0v) is 7.75. The molecule has 0 aromatic heterocycles. The van der Waals surface area contributed by atoms with Gasteiger partial charge < -0.3 is 9.64 Å². The van der Waals surface area contributed by atoms with Crippen LogP contribution in [-0.4, -0.2) is 38.0 Å². The molecule has 0 radical (unpaired) electrons. The number of hydrogen-bond donors (Lipinski definition) is 0. The van der Waals surface area contributed by atoms with Gasteiger partial charge in [0.15, 0.2) is 0 Å². The number of esters is 1. The first-order valence-corrected chi connectivity index (χ1v) is 3.47. The zero-order chi connectivity index (χ0) is 9.72. The fourth-order valence-corrected chi connectivity index (χ4v) is 0.534. The molecule has 0 aromatic rings. The SMILES string of the molecule is COC(=O)/C(C)=C/C(=O)N(C)C. The molecule has 0 heterocycles. The number of methoxy groups -OCH3 is 1. The van der Waals surface area contributed by atoms with Crippen molar-refractivity contribution in [1.29, 1.82) is 0 Å². The summed E-state index contributed by atoms with van der Waals surface area (Å²) in [4.78, 5) is 23.2. The Morgan fingerprint density at radius 1 is 1.33 bits per heavy atom. The Morgan fingerprint density at radius 2 is 1.83 bits per heavy atom. The van der Waals surface area contributed by atoms with Crippen molar-refractivity contribution < 1.29 is 14.3 Å². The van der Waals surface area contributed by atoms with Gasteiger partial charge in [-0.3, -0.25) is 4.79 Å². The van der Waals surface area contributed by atoms with E-state index in [4.69, 9.17) is 0 Å². The van der Waals surface area contributed by atoms with E-state index in [9.17, 15) is 9.59 Å². The van der Waals surface area contributed by atoms with Gasteiger partial charge in [0.1, 0.15) is 0 Å². The summed E-state index contributed by atoms with van der Waals surface area (Å²) in [6.45, 7) is 1.53. The summed E-state index contributed by atoms with van der Waals surface area (Å²) in [6, 6.07) is 0. The fourth-order valence-electron chi connectivity index (χ4n) is 0.534. The molecule has 0 saturated heterocycles. The summed E-state index contributed by atoms with van der Waals surface area (Å²) in [5.74, 6) is -0.705. The van der Waals surface area contributed by atoms with Crippen molar-refractivity contribution in [3.8, 4) is 0 Å². The number of amides is 1. The Hall–Kier alpha value is -1.32. The largest absolute Gasteiger partial charge is 0.466 e. The van der Waals surface area contributed by atoms with E-state index in [2.05, 4.69) is 4.74 Å². The normalized spacial score (nSPS) is 10.8. The van der Waals surface area contributed by atoms with Crippen molar-refractivity contribution >= 4 is 11.9 Å². The summed E-state index contributed by atoms with van der Waals surface area (Å²) < 4.78 is 4.41. The minimum absolute atomic E-state index is 0.224. The minimum Gasteiger partial charge on any atom is -0.466 e. The summed E-state index contributed by atoms with van der Waals surface area (Å²) in [6.07, 6.45) is 1.24. The van der Waals surface area contributed by atoms with Gasteiger partial charge in [-0.05, 0) is 6.92 Å². The third kappa shape index (κ3) is 3.18. The topological polar surface area (TPSA) is 46.6 Å². The summed E-state index contributed by atoms with van der Waals surface area (Å²) >= 11 is 0. The van der Waals surface area contributed by atoms with Crippen molar-refractivity contribution in [3.05, 3.63) is 11.6 Å². The number of carbonyl (C=O) groups is 2. The smallest absolute Gasteiger partial charge is 0.333 e. The maximum atomic E-state index is 11.0. The Balaban J connectivity index is 4.36. The summed E-state index contributed by atoms with van der Waals surface area (Å²) in [7, 11) is 4.51. The molecular weight excluding hydrogens is 158 g/mol. The molecule has 4 heteroatoms. The van der Waals surface area contributed by atoms with Gasteiger partial charge in [0.2, 0.25) is 5.91 Å². The Labute approximate surface area is 71.8 Å². The van der Waals surface area contributed by atoms with E-state index in [1.807, 2.05) is 0 Å². The lowest BCUT2D eigenvalue weighted by molar-refractivity contribution is -0.136. The molecular formula is C8H13NO3. The van der Waals surface area contributed by atoms with Gasteiger partial charge >= 0.3 is 5.97 Å². The monoisotopic (exact) mass is 171 g/mol. The van der Waals surface area contributed by atoms with E-state index in [-0.39, 0.29) is 5.91 Å². The van der Waals surface area contributed by atoms with Crippen molar-refractivity contribution in [2.45, 2.75) is 6.92 Å². The lowest BCUT2D eigenvalue weighted by Gasteiger charge is -2.06. The predicted octanol–water partition coefficient (Wildman–Crippen LogP) is 0.194. The van der Waals surface area contributed by atoms with E-state index in [1.165, 1.54) is 25.0 Å². The maximum absolute atomic E-state index is 11.0. The second-order valence-electron chi connectivity index (χ2n) is 2.55. The highest BCUT2D eigenvalue weighted by Gasteiger charge is 2.06. The fraction of sp³-hybridized carbons (Fsp3) is 0.500. The molecule has 0 bridgehead atoms. The van der Waals surface area contributed by atoms with Crippen LogP contribution in [0.25, 0.3) is 0 Å². The van der Waals surface area contributed by atoms with Crippen molar-refractivity contribution in [2.75, 3.05) is 21.2 Å². The quantitative estimate of drug-likeness (QED) is 0.440. The van der Waals surface area contributed by atoms with Crippen molar-refractivity contribution in [1.82, 2.24) is 4.90 Å². The molecule has 0 unspecified atom stereocenters. The number of carbonyl (C=O) groups excluding carboxylic acids is 2. The number of hydrogen-bond acceptors (Lipinski definition) is 3. The van der Waals surface area contributed by atoms with Crippen LogP contribution in [0.5, 0.6) is 0 Å². The maximum Gasteiger partial charge on any atom is 0.333 e. The van der Waals surface area contributed by atoms with Crippen LogP contribution in [0.4, 0.5) is 0 Å². The minimum atomic E-state index is -0.481. The van der Waals surface area contributed by atoms with Gasteiger partial charge in [-0.15, -0.1) is 0 Å². The van der Waals surface area contributed by atoms with Gasteiger partial charge in [0.25, 0.3) is 0 Å². The van der Waals surface area contributed by atoms with E-state index < -0.39 is 5.97 Å². The molecule has 0 spiro atoms. The van der Waals surface area contributed by atoms with Crippen LogP contribution in [0.15, 0.2) is 11.6 Å². The van der Waals surface area contributed by atoms with E-state index in [1.54, 1.807) is 14.1 Å². The lowest BCUT2D eigenvalue weighted by Crippen LogP contribution is -2.20. The molecule has 0 aliphatic rings. The Bertz CT molecular complexity index is 218. The van der Waals surface area contributed by atoms with E-state index >= 15 is 0 Å². The molecule has 0 saturated carbocycles. The van der Waals surface area contributed by atoms with E-state index in [0.717, 1.165) is 0 Å². The Kier molecular flexibility index (Phi) is 4.04. The summed E-state index contributed by atoms with van der Waals surface area (Å²) in [5, 5.41) is 0. The van der Waals surface area contributed by atoms with Gasteiger partial charge in [-0.25, -0.2) is 4.79 Å². The molecule has 0 aliphatic heterocycles.